The Bertz CT molecular complexity index is 1060. The zero-order valence-electron chi connectivity index (χ0n) is 29.7. The molecule has 1 aromatic carbocycles. The van der Waals surface area contributed by atoms with Crippen LogP contribution in [0.3, 0.4) is 0 Å². The molecule has 0 aliphatic rings. The van der Waals surface area contributed by atoms with Gasteiger partial charge in [-0.05, 0) is 99.8 Å². The molecule has 1 nitrogen and oxygen atoms in total. The van der Waals surface area contributed by atoms with Gasteiger partial charge < -0.3 is 5.32 Å². The van der Waals surface area contributed by atoms with Crippen LogP contribution >= 0.6 is 0 Å². The lowest BCUT2D eigenvalue weighted by molar-refractivity contribution is 1.06. The highest BCUT2D eigenvalue weighted by Gasteiger charge is 1.93. The van der Waals surface area contributed by atoms with Crippen molar-refractivity contribution in [3.05, 3.63) is 156 Å². The summed E-state index contributed by atoms with van der Waals surface area (Å²) in [6.45, 7) is 26.7. The molecule has 0 fully saturated rings. The minimum Gasteiger partial charge on any atom is -0.365 e. The summed E-state index contributed by atoms with van der Waals surface area (Å²) in [4.78, 5) is 0. The first-order valence-corrected chi connectivity index (χ1v) is 16.4. The molecule has 1 N–H and O–H groups in total. The Labute approximate surface area is 268 Å². The summed E-state index contributed by atoms with van der Waals surface area (Å²) in [5, 5.41) is 3.28. The van der Waals surface area contributed by atoms with Crippen molar-refractivity contribution >= 4 is 0 Å². The Morgan fingerprint density at radius 2 is 1.35 bits per heavy atom. The van der Waals surface area contributed by atoms with E-state index in [1.54, 1.807) is 0 Å². The Kier molecular flexibility index (Phi) is 35.3. The maximum Gasteiger partial charge on any atom is 0.0115 e. The van der Waals surface area contributed by atoms with E-state index in [9.17, 15) is 0 Å². The second-order valence-corrected chi connectivity index (χ2v) is 9.11. The van der Waals surface area contributed by atoms with E-state index in [1.165, 1.54) is 27.8 Å². The van der Waals surface area contributed by atoms with Gasteiger partial charge in [-0.15, -0.1) is 0 Å². The average molecular weight is 584 g/mol. The van der Waals surface area contributed by atoms with Crippen LogP contribution in [0.2, 0.25) is 0 Å². The van der Waals surface area contributed by atoms with Gasteiger partial charge in [0.15, 0.2) is 0 Å². The van der Waals surface area contributed by atoms with Crippen LogP contribution in [0.25, 0.3) is 0 Å². The van der Waals surface area contributed by atoms with Crippen LogP contribution in [0.15, 0.2) is 145 Å². The average Bonchev–Trinajstić information content (AvgIpc) is 3.05. The number of hydrogen-bond donors (Lipinski definition) is 1. The molecule has 0 unspecified atom stereocenters. The predicted octanol–water partition coefficient (Wildman–Crippen LogP) is 13.3. The summed E-state index contributed by atoms with van der Waals surface area (Å²) in [5.41, 5.74) is 7.77. The summed E-state index contributed by atoms with van der Waals surface area (Å²) < 4.78 is 0. The van der Waals surface area contributed by atoms with Crippen molar-refractivity contribution in [2.75, 3.05) is 0 Å². The monoisotopic (exact) mass is 584 g/mol. The largest absolute Gasteiger partial charge is 0.365 e. The Morgan fingerprint density at radius 1 is 0.744 bits per heavy atom. The third kappa shape index (κ3) is 27.0. The Morgan fingerprint density at radius 3 is 1.88 bits per heavy atom. The molecule has 1 aromatic rings. The van der Waals surface area contributed by atoms with Crippen molar-refractivity contribution in [3.63, 3.8) is 0 Å². The normalized spacial score (nSPS) is 12.7. The third-order valence-corrected chi connectivity index (χ3v) is 6.00. The fourth-order valence-electron chi connectivity index (χ4n) is 3.49. The minimum atomic E-state index is 0.891. The first-order chi connectivity index (χ1) is 20.9. The van der Waals surface area contributed by atoms with Crippen LogP contribution < -0.4 is 5.32 Å². The third-order valence-electron chi connectivity index (χ3n) is 6.00. The number of allylic oxidation sites excluding steroid dienone is 18. The first-order valence-electron chi connectivity index (χ1n) is 16.4. The zero-order chi connectivity index (χ0) is 33.1. The van der Waals surface area contributed by atoms with Crippen LogP contribution in [0.5, 0.6) is 0 Å². The standard InChI is InChI=1S/C24H35N.C14H18.2C2H6/c1-7-11-12-13-14-17-23(8-2)19-18-22(6)25-20-15-16-21(5)24(9-3)10-4;1-3-5-6-7-8-14-11-9-13(4-2)10-12-14;2*1-2/h8-9,11-16,18-20,25H,2,7,10,17H2,1,3-6H3;3,5-7,9-12H,4,8H2,1-2H3;2*1-2H3/b12-11-,14-13-,20-15+,21-16+,22-18+,23-19+,24-9+;5-3-,7-6-;;. The molecule has 1 heteroatoms. The maximum absolute atomic E-state index is 3.88. The van der Waals surface area contributed by atoms with E-state index in [0.717, 1.165) is 37.8 Å². The molecule has 0 saturated heterocycles. The molecule has 0 radical (unpaired) electrons. The van der Waals surface area contributed by atoms with Crippen molar-refractivity contribution in [2.45, 2.75) is 108 Å². The summed E-state index contributed by atoms with van der Waals surface area (Å²) in [5.74, 6) is 0. The summed E-state index contributed by atoms with van der Waals surface area (Å²) in [6.07, 6.45) is 36.4. The highest BCUT2D eigenvalue weighted by molar-refractivity contribution is 5.32. The number of aryl methyl sites for hydroxylation is 1. The Hall–Kier alpha value is -3.58. The van der Waals surface area contributed by atoms with Gasteiger partial charge in [0.25, 0.3) is 0 Å². The van der Waals surface area contributed by atoms with E-state index >= 15 is 0 Å². The summed E-state index contributed by atoms with van der Waals surface area (Å²) in [7, 11) is 0. The highest BCUT2D eigenvalue weighted by atomic mass is 14.8. The van der Waals surface area contributed by atoms with Gasteiger partial charge in [0.1, 0.15) is 0 Å². The van der Waals surface area contributed by atoms with E-state index in [1.807, 2.05) is 59.0 Å². The number of benzene rings is 1. The van der Waals surface area contributed by atoms with Crippen molar-refractivity contribution in [3.8, 4) is 0 Å². The van der Waals surface area contributed by atoms with Crippen LogP contribution in [-0.4, -0.2) is 0 Å². The zero-order valence-corrected chi connectivity index (χ0v) is 29.7. The molecule has 0 amide bonds. The predicted molar refractivity (Wildman–Crippen MR) is 201 cm³/mol. The Balaban J connectivity index is -0.000000746. The van der Waals surface area contributed by atoms with Crippen LogP contribution in [-0.2, 0) is 12.8 Å². The number of hydrogen-bond acceptors (Lipinski definition) is 1. The molecule has 0 aliphatic heterocycles. The molecule has 1 rings (SSSR count). The van der Waals surface area contributed by atoms with Gasteiger partial charge in [-0.25, -0.2) is 0 Å². The second-order valence-electron chi connectivity index (χ2n) is 9.11. The number of rotatable bonds is 15. The molecule has 0 bridgehead atoms. The highest BCUT2D eigenvalue weighted by Crippen LogP contribution is 2.12. The fraction of sp³-hybridized carbons (Fsp3) is 0.381. The molecule has 0 heterocycles. The van der Waals surface area contributed by atoms with E-state index in [0.29, 0.717) is 0 Å². The lowest BCUT2D eigenvalue weighted by Crippen LogP contribution is -1.99. The minimum absolute atomic E-state index is 0.891. The van der Waals surface area contributed by atoms with E-state index in [4.69, 9.17) is 0 Å². The fourth-order valence-corrected chi connectivity index (χ4v) is 3.49. The van der Waals surface area contributed by atoms with E-state index in [2.05, 4.69) is 145 Å². The van der Waals surface area contributed by atoms with Gasteiger partial charge in [-0.3, -0.25) is 0 Å². The van der Waals surface area contributed by atoms with Gasteiger partial charge in [-0.2, -0.15) is 0 Å². The molecule has 0 aromatic heterocycles. The lowest BCUT2D eigenvalue weighted by Gasteiger charge is -2.02. The lowest BCUT2D eigenvalue weighted by atomic mass is 10.1. The molecular formula is C42H65N. The van der Waals surface area contributed by atoms with E-state index in [-0.39, 0.29) is 0 Å². The molecule has 43 heavy (non-hydrogen) atoms. The van der Waals surface area contributed by atoms with E-state index < -0.39 is 0 Å². The quantitative estimate of drug-likeness (QED) is 0.202. The molecule has 0 aliphatic carbocycles. The van der Waals surface area contributed by atoms with Gasteiger partial charge in [-0.1, -0.05) is 152 Å². The first kappa shape index (κ1) is 43.9. The van der Waals surface area contributed by atoms with Crippen LogP contribution in [0, 0.1) is 0 Å². The molecular weight excluding hydrogens is 518 g/mol. The van der Waals surface area contributed by atoms with Crippen molar-refractivity contribution in [1.82, 2.24) is 5.32 Å². The van der Waals surface area contributed by atoms with Gasteiger partial charge in [0.05, 0.1) is 0 Å². The van der Waals surface area contributed by atoms with Crippen LogP contribution in [0.1, 0.15) is 107 Å². The SMILES string of the molecule is C/C=C\C=C/Cc1ccc(CC)cc1.C=C/C(=C\C=C(/C)N/C=C/C=C(C)/C(=C/C)CC)C/C=C\C=C/CC.CC.CC. The topological polar surface area (TPSA) is 12.0 Å². The molecule has 238 valence electrons. The molecule has 0 spiro atoms. The summed E-state index contributed by atoms with van der Waals surface area (Å²) in [6, 6.07) is 8.83. The second kappa shape index (κ2) is 34.6. The molecule has 0 saturated carbocycles. The maximum atomic E-state index is 3.88. The van der Waals surface area contributed by atoms with Gasteiger partial charge in [0.2, 0.25) is 0 Å². The van der Waals surface area contributed by atoms with Crippen molar-refractivity contribution < 1.29 is 0 Å². The van der Waals surface area contributed by atoms with Crippen molar-refractivity contribution in [1.29, 1.82) is 0 Å². The smallest absolute Gasteiger partial charge is 0.0115 e. The molecule has 0 atom stereocenters. The van der Waals surface area contributed by atoms with Gasteiger partial charge >= 0.3 is 0 Å². The van der Waals surface area contributed by atoms with Crippen LogP contribution in [0.4, 0.5) is 0 Å². The summed E-state index contributed by atoms with van der Waals surface area (Å²) >= 11 is 0. The van der Waals surface area contributed by atoms with Crippen molar-refractivity contribution in [2.24, 2.45) is 0 Å². The van der Waals surface area contributed by atoms with Gasteiger partial charge in [0, 0.05) is 11.9 Å². The number of nitrogens with one attached hydrogen (secondary N) is 1.